The Balaban J connectivity index is 1.88. The molecular formula is C18H12BrNO3S2. The van der Waals surface area contributed by atoms with Crippen LogP contribution in [0.2, 0.25) is 0 Å². The molecule has 3 rings (SSSR count). The summed E-state index contributed by atoms with van der Waals surface area (Å²) in [6, 6.07) is 14.2. The summed E-state index contributed by atoms with van der Waals surface area (Å²) in [4.78, 5) is 26.8. The molecule has 0 saturated carbocycles. The zero-order valence-corrected chi connectivity index (χ0v) is 16.3. The van der Waals surface area contributed by atoms with Crippen LogP contribution in [0.15, 0.2) is 57.9 Å². The summed E-state index contributed by atoms with van der Waals surface area (Å²) in [7, 11) is 1.59. The lowest BCUT2D eigenvalue weighted by Gasteiger charge is -2.13. The van der Waals surface area contributed by atoms with Crippen LogP contribution in [0.5, 0.6) is 5.75 Å². The molecule has 1 saturated heterocycles. The molecule has 0 bridgehead atoms. The van der Waals surface area contributed by atoms with E-state index in [1.54, 1.807) is 49.6 Å². The molecule has 0 spiro atoms. The van der Waals surface area contributed by atoms with E-state index in [4.69, 9.17) is 17.0 Å². The van der Waals surface area contributed by atoms with Gasteiger partial charge in [0.15, 0.2) is 4.32 Å². The molecule has 1 fully saturated rings. The number of carbonyl (C=O) groups is 2. The van der Waals surface area contributed by atoms with Gasteiger partial charge in [-0.3, -0.25) is 9.59 Å². The van der Waals surface area contributed by atoms with Gasteiger partial charge in [0.05, 0.1) is 17.6 Å². The highest BCUT2D eigenvalue weighted by molar-refractivity contribution is 9.10. The highest BCUT2D eigenvalue weighted by Crippen LogP contribution is 2.34. The van der Waals surface area contributed by atoms with Gasteiger partial charge in [-0.05, 0) is 51.8 Å². The van der Waals surface area contributed by atoms with E-state index in [1.165, 1.54) is 0 Å². The van der Waals surface area contributed by atoms with E-state index in [-0.39, 0.29) is 4.32 Å². The van der Waals surface area contributed by atoms with Crippen molar-refractivity contribution in [2.75, 3.05) is 7.11 Å². The number of methoxy groups -OCH3 is 1. The number of amides is 2. The average molecular weight is 434 g/mol. The van der Waals surface area contributed by atoms with Crippen molar-refractivity contribution >= 4 is 62.1 Å². The number of imide groups is 1. The first kappa shape index (κ1) is 17.8. The minimum Gasteiger partial charge on any atom is -0.497 e. The summed E-state index contributed by atoms with van der Waals surface area (Å²) in [6.07, 6.45) is 1.71. The van der Waals surface area contributed by atoms with Crippen molar-refractivity contribution in [1.29, 1.82) is 0 Å². The van der Waals surface area contributed by atoms with Gasteiger partial charge in [0, 0.05) is 4.47 Å². The quantitative estimate of drug-likeness (QED) is 0.405. The first-order valence-electron chi connectivity index (χ1n) is 7.22. The summed E-state index contributed by atoms with van der Waals surface area (Å²) >= 11 is 9.69. The molecule has 1 heterocycles. The van der Waals surface area contributed by atoms with Gasteiger partial charge in [-0.1, -0.05) is 48.2 Å². The fourth-order valence-corrected chi connectivity index (χ4v) is 3.96. The average Bonchev–Trinajstić information content (AvgIpc) is 2.89. The predicted molar refractivity (Wildman–Crippen MR) is 106 cm³/mol. The molecule has 0 unspecified atom stereocenters. The second kappa shape index (κ2) is 7.51. The number of thioether (sulfide) groups is 1. The molecule has 25 heavy (non-hydrogen) atoms. The van der Waals surface area contributed by atoms with Crippen LogP contribution in [0.25, 0.3) is 6.08 Å². The number of thiocarbonyl (C=S) groups is 1. The number of hydrogen-bond acceptors (Lipinski definition) is 5. The number of nitrogens with zero attached hydrogens (tertiary/aromatic N) is 1. The van der Waals surface area contributed by atoms with E-state index in [9.17, 15) is 9.59 Å². The topological polar surface area (TPSA) is 46.6 Å². The third-order valence-electron chi connectivity index (χ3n) is 3.51. The van der Waals surface area contributed by atoms with E-state index >= 15 is 0 Å². The molecule has 2 aromatic carbocycles. The lowest BCUT2D eigenvalue weighted by atomic mass is 10.2. The molecule has 2 aromatic rings. The maximum Gasteiger partial charge on any atom is 0.273 e. The Hall–Kier alpha value is -1.96. The molecule has 1 aliphatic heterocycles. The van der Waals surface area contributed by atoms with E-state index in [0.29, 0.717) is 14.9 Å². The standard InChI is InChI=1S/C18H12BrNO3S2/c1-23-12-8-6-11(7-9-12)10-15-17(22)20(18(24)25-15)16(21)13-4-2-3-5-14(13)19/h2-10H,1H3. The molecular weight excluding hydrogens is 422 g/mol. The SMILES string of the molecule is COc1ccc(C=C2SC(=S)N(C(=O)c3ccccc3Br)C2=O)cc1. The number of hydrogen-bond donors (Lipinski definition) is 0. The zero-order chi connectivity index (χ0) is 18.0. The second-order valence-corrected chi connectivity index (χ2v) is 7.61. The Morgan fingerprint density at radius 3 is 2.52 bits per heavy atom. The van der Waals surface area contributed by atoms with Gasteiger partial charge >= 0.3 is 0 Å². The predicted octanol–water partition coefficient (Wildman–Crippen LogP) is 4.50. The Labute approximate surface area is 163 Å². The Morgan fingerprint density at radius 2 is 1.88 bits per heavy atom. The Morgan fingerprint density at radius 1 is 1.20 bits per heavy atom. The van der Waals surface area contributed by atoms with Crippen LogP contribution in [-0.4, -0.2) is 28.1 Å². The zero-order valence-electron chi connectivity index (χ0n) is 13.1. The van der Waals surface area contributed by atoms with Gasteiger partial charge in [-0.15, -0.1) is 0 Å². The Kier molecular flexibility index (Phi) is 5.36. The van der Waals surface area contributed by atoms with Crippen molar-refractivity contribution in [2.24, 2.45) is 0 Å². The monoisotopic (exact) mass is 433 g/mol. The lowest BCUT2D eigenvalue weighted by Crippen LogP contribution is -2.34. The molecule has 4 nitrogen and oxygen atoms in total. The molecule has 1 aliphatic rings. The maximum absolute atomic E-state index is 12.7. The molecule has 0 radical (unpaired) electrons. The van der Waals surface area contributed by atoms with Crippen molar-refractivity contribution in [3.05, 3.63) is 69.0 Å². The van der Waals surface area contributed by atoms with Crippen LogP contribution in [-0.2, 0) is 4.79 Å². The fraction of sp³-hybridized carbons (Fsp3) is 0.0556. The molecule has 2 amide bonds. The van der Waals surface area contributed by atoms with Crippen LogP contribution >= 0.6 is 39.9 Å². The van der Waals surface area contributed by atoms with Crippen LogP contribution in [0.4, 0.5) is 0 Å². The van der Waals surface area contributed by atoms with E-state index < -0.39 is 11.8 Å². The van der Waals surface area contributed by atoms with Gasteiger partial charge < -0.3 is 4.74 Å². The summed E-state index contributed by atoms with van der Waals surface area (Å²) in [5, 5.41) is 0. The summed E-state index contributed by atoms with van der Waals surface area (Å²) in [6.45, 7) is 0. The number of carbonyl (C=O) groups excluding carboxylic acids is 2. The highest BCUT2D eigenvalue weighted by Gasteiger charge is 2.37. The first-order chi connectivity index (χ1) is 12.0. The first-order valence-corrected chi connectivity index (χ1v) is 9.24. The number of halogens is 1. The maximum atomic E-state index is 12.7. The van der Waals surface area contributed by atoms with Gasteiger partial charge in [-0.2, -0.15) is 0 Å². The number of rotatable bonds is 3. The van der Waals surface area contributed by atoms with E-state index in [2.05, 4.69) is 15.9 Å². The van der Waals surface area contributed by atoms with Crippen molar-refractivity contribution in [3.63, 3.8) is 0 Å². The van der Waals surface area contributed by atoms with Gasteiger partial charge in [0.2, 0.25) is 0 Å². The summed E-state index contributed by atoms with van der Waals surface area (Å²) < 4.78 is 5.96. The molecule has 126 valence electrons. The van der Waals surface area contributed by atoms with Crippen molar-refractivity contribution < 1.29 is 14.3 Å². The minimum absolute atomic E-state index is 0.227. The van der Waals surface area contributed by atoms with Gasteiger partial charge in [-0.25, -0.2) is 4.90 Å². The van der Waals surface area contributed by atoms with Crippen molar-refractivity contribution in [2.45, 2.75) is 0 Å². The summed E-state index contributed by atoms with van der Waals surface area (Å²) in [5.41, 5.74) is 1.22. The third kappa shape index (κ3) is 3.68. The normalized spacial score (nSPS) is 15.8. The molecule has 7 heteroatoms. The van der Waals surface area contributed by atoms with Crippen LogP contribution in [0, 0.1) is 0 Å². The van der Waals surface area contributed by atoms with E-state index in [1.807, 2.05) is 12.1 Å². The number of ether oxygens (including phenoxy) is 1. The number of benzene rings is 2. The largest absolute Gasteiger partial charge is 0.497 e. The molecule has 0 aliphatic carbocycles. The molecule has 0 N–H and O–H groups in total. The second-order valence-electron chi connectivity index (χ2n) is 5.08. The van der Waals surface area contributed by atoms with Crippen LogP contribution in [0.3, 0.4) is 0 Å². The third-order valence-corrected chi connectivity index (χ3v) is 5.51. The van der Waals surface area contributed by atoms with Crippen LogP contribution < -0.4 is 4.74 Å². The minimum atomic E-state index is -0.437. The van der Waals surface area contributed by atoms with Crippen LogP contribution in [0.1, 0.15) is 15.9 Å². The molecule has 0 atom stereocenters. The van der Waals surface area contributed by atoms with Crippen molar-refractivity contribution in [1.82, 2.24) is 4.90 Å². The van der Waals surface area contributed by atoms with Gasteiger partial charge in [0.1, 0.15) is 5.75 Å². The van der Waals surface area contributed by atoms with E-state index in [0.717, 1.165) is 28.0 Å². The Bertz CT molecular complexity index is 893. The highest BCUT2D eigenvalue weighted by atomic mass is 79.9. The lowest BCUT2D eigenvalue weighted by molar-refractivity contribution is -0.120. The van der Waals surface area contributed by atoms with Gasteiger partial charge in [0.25, 0.3) is 11.8 Å². The fourth-order valence-electron chi connectivity index (χ4n) is 2.25. The summed E-state index contributed by atoms with van der Waals surface area (Å²) in [5.74, 6) is -0.117. The van der Waals surface area contributed by atoms with Crippen molar-refractivity contribution in [3.8, 4) is 5.75 Å². The smallest absolute Gasteiger partial charge is 0.273 e. The molecule has 0 aromatic heterocycles.